The van der Waals surface area contributed by atoms with E-state index in [0.29, 0.717) is 6.42 Å². The summed E-state index contributed by atoms with van der Waals surface area (Å²) in [6.45, 7) is 0. The summed E-state index contributed by atoms with van der Waals surface area (Å²) in [6.07, 6.45) is 0.344. The van der Waals surface area contributed by atoms with E-state index in [-0.39, 0.29) is 11.6 Å². The standard InChI is InChI=1S/C9H6N2O2/c12-7-4-5-2-1-3-6-8(5)11(7)9(13)10-6/h1-3H,4H2,(H,10,13). The van der Waals surface area contributed by atoms with Crippen LogP contribution >= 0.6 is 0 Å². The van der Waals surface area contributed by atoms with Crippen molar-refractivity contribution in [2.24, 2.45) is 0 Å². The number of para-hydroxylation sites is 1. The van der Waals surface area contributed by atoms with Crippen molar-refractivity contribution in [1.29, 1.82) is 0 Å². The fraction of sp³-hybridized carbons (Fsp3) is 0.111. The van der Waals surface area contributed by atoms with Crippen LogP contribution < -0.4 is 5.69 Å². The summed E-state index contributed by atoms with van der Waals surface area (Å²) in [5, 5.41) is 0. The molecule has 1 N–H and O–H groups in total. The summed E-state index contributed by atoms with van der Waals surface area (Å²) >= 11 is 0. The third-order valence-electron chi connectivity index (χ3n) is 2.38. The van der Waals surface area contributed by atoms with Gasteiger partial charge in [0.25, 0.3) is 0 Å². The van der Waals surface area contributed by atoms with Crippen LogP contribution in [-0.2, 0) is 6.42 Å². The first-order valence-electron chi connectivity index (χ1n) is 4.03. The lowest BCUT2D eigenvalue weighted by molar-refractivity contribution is 0.0925. The molecule has 0 amide bonds. The van der Waals surface area contributed by atoms with Crippen LogP contribution in [-0.4, -0.2) is 15.5 Å². The molecule has 0 spiro atoms. The van der Waals surface area contributed by atoms with E-state index in [1.807, 2.05) is 12.1 Å². The zero-order valence-corrected chi connectivity index (χ0v) is 6.70. The fourth-order valence-electron chi connectivity index (χ4n) is 1.85. The van der Waals surface area contributed by atoms with E-state index < -0.39 is 0 Å². The normalized spacial score (nSPS) is 14.3. The van der Waals surface area contributed by atoms with Crippen molar-refractivity contribution in [2.75, 3.05) is 0 Å². The van der Waals surface area contributed by atoms with Crippen molar-refractivity contribution in [3.8, 4) is 0 Å². The summed E-state index contributed by atoms with van der Waals surface area (Å²) < 4.78 is 1.21. The maximum Gasteiger partial charge on any atom is 0.333 e. The first-order chi connectivity index (χ1) is 6.27. The van der Waals surface area contributed by atoms with Gasteiger partial charge in [-0.2, -0.15) is 0 Å². The average molecular weight is 174 g/mol. The molecule has 0 saturated heterocycles. The number of hydrogen-bond acceptors (Lipinski definition) is 2. The molecule has 1 aliphatic heterocycles. The predicted octanol–water partition coefficient (Wildman–Crippen LogP) is 0.526. The molecule has 2 heterocycles. The molecule has 0 aliphatic carbocycles. The zero-order valence-electron chi connectivity index (χ0n) is 6.70. The van der Waals surface area contributed by atoms with Crippen molar-refractivity contribution in [2.45, 2.75) is 6.42 Å². The van der Waals surface area contributed by atoms with Crippen molar-refractivity contribution >= 4 is 16.9 Å². The van der Waals surface area contributed by atoms with Gasteiger partial charge >= 0.3 is 5.69 Å². The molecule has 4 nitrogen and oxygen atoms in total. The van der Waals surface area contributed by atoms with Crippen molar-refractivity contribution in [3.63, 3.8) is 0 Å². The molecule has 0 fully saturated rings. The lowest BCUT2D eigenvalue weighted by Crippen LogP contribution is -2.21. The molecule has 3 rings (SSSR count). The van der Waals surface area contributed by atoms with Crippen molar-refractivity contribution < 1.29 is 4.79 Å². The molecule has 0 bridgehead atoms. The molecule has 1 aliphatic rings. The largest absolute Gasteiger partial charge is 0.333 e. The Balaban J connectivity index is 2.67. The highest BCUT2D eigenvalue weighted by atomic mass is 16.2. The minimum atomic E-state index is -0.329. The maximum absolute atomic E-state index is 11.4. The number of carbonyl (C=O) groups excluding carboxylic acids is 1. The van der Waals surface area contributed by atoms with Crippen molar-refractivity contribution in [3.05, 3.63) is 34.2 Å². The molecule has 0 unspecified atom stereocenters. The fourth-order valence-corrected chi connectivity index (χ4v) is 1.85. The Bertz CT molecular complexity index is 577. The van der Waals surface area contributed by atoms with E-state index in [2.05, 4.69) is 4.98 Å². The number of nitrogens with zero attached hydrogens (tertiary/aromatic N) is 1. The zero-order chi connectivity index (χ0) is 9.00. The Hall–Kier alpha value is -1.84. The Morgan fingerprint density at radius 2 is 2.15 bits per heavy atom. The molecular weight excluding hydrogens is 168 g/mol. The second-order valence-electron chi connectivity index (χ2n) is 3.15. The molecule has 0 atom stereocenters. The Kier molecular flexibility index (Phi) is 0.974. The number of nitrogens with one attached hydrogen (secondary N) is 1. The van der Waals surface area contributed by atoms with Crippen LogP contribution in [0.25, 0.3) is 11.0 Å². The van der Waals surface area contributed by atoms with Gasteiger partial charge in [0.2, 0.25) is 5.91 Å². The monoisotopic (exact) mass is 174 g/mol. The molecule has 4 heteroatoms. The lowest BCUT2D eigenvalue weighted by atomic mass is 10.2. The average Bonchev–Trinajstić information content (AvgIpc) is 2.57. The van der Waals surface area contributed by atoms with Crippen LogP contribution in [0, 0.1) is 0 Å². The number of hydrogen-bond donors (Lipinski definition) is 1. The van der Waals surface area contributed by atoms with E-state index in [0.717, 1.165) is 16.6 Å². The number of carbonyl (C=O) groups is 1. The van der Waals surface area contributed by atoms with Crippen LogP contribution in [0.5, 0.6) is 0 Å². The van der Waals surface area contributed by atoms with Crippen molar-refractivity contribution in [1.82, 2.24) is 9.55 Å². The van der Waals surface area contributed by atoms with E-state index in [9.17, 15) is 9.59 Å². The highest BCUT2D eigenvalue weighted by molar-refractivity contribution is 5.99. The third-order valence-corrected chi connectivity index (χ3v) is 2.38. The van der Waals surface area contributed by atoms with Crippen LogP contribution in [0.4, 0.5) is 0 Å². The van der Waals surface area contributed by atoms with Crippen LogP contribution in [0.15, 0.2) is 23.0 Å². The van der Waals surface area contributed by atoms with Gasteiger partial charge in [0.1, 0.15) is 0 Å². The second kappa shape index (κ2) is 1.90. The molecule has 0 saturated carbocycles. The SMILES string of the molecule is O=C1Cc2cccc3[nH]c(=O)n1c23. The second-order valence-corrected chi connectivity index (χ2v) is 3.15. The number of imidazole rings is 1. The highest BCUT2D eigenvalue weighted by Crippen LogP contribution is 2.21. The molecule has 13 heavy (non-hydrogen) atoms. The van der Waals surface area contributed by atoms with Gasteiger partial charge in [0, 0.05) is 0 Å². The molecule has 64 valence electrons. The molecule has 1 aromatic carbocycles. The molecular formula is C9H6N2O2. The highest BCUT2D eigenvalue weighted by Gasteiger charge is 2.23. The van der Waals surface area contributed by atoms with Crippen LogP contribution in [0.1, 0.15) is 10.4 Å². The van der Waals surface area contributed by atoms with Crippen LogP contribution in [0.2, 0.25) is 0 Å². The van der Waals surface area contributed by atoms with Gasteiger partial charge in [-0.15, -0.1) is 0 Å². The molecule has 2 aromatic rings. The summed E-state index contributed by atoms with van der Waals surface area (Å²) in [5.74, 6) is -0.141. The predicted molar refractivity (Wildman–Crippen MR) is 46.9 cm³/mol. The first kappa shape index (κ1) is 6.65. The number of H-pyrrole nitrogens is 1. The van der Waals surface area contributed by atoms with Crippen LogP contribution in [0.3, 0.4) is 0 Å². The minimum Gasteiger partial charge on any atom is -0.305 e. The van der Waals surface area contributed by atoms with Gasteiger partial charge in [-0.25, -0.2) is 9.36 Å². The van der Waals surface area contributed by atoms with E-state index in [1.54, 1.807) is 6.07 Å². The van der Waals surface area contributed by atoms with E-state index in [1.165, 1.54) is 4.57 Å². The van der Waals surface area contributed by atoms with E-state index >= 15 is 0 Å². The van der Waals surface area contributed by atoms with Gasteiger partial charge in [0.15, 0.2) is 0 Å². The molecule has 0 radical (unpaired) electrons. The number of aromatic nitrogens is 2. The summed E-state index contributed by atoms with van der Waals surface area (Å²) in [6, 6.07) is 5.52. The topological polar surface area (TPSA) is 54.9 Å². The third kappa shape index (κ3) is 0.654. The first-order valence-corrected chi connectivity index (χ1v) is 4.03. The summed E-state index contributed by atoms with van der Waals surface area (Å²) in [5.41, 5.74) is 2.09. The minimum absolute atomic E-state index is 0.141. The number of aromatic amines is 1. The lowest BCUT2D eigenvalue weighted by Gasteiger charge is -1.89. The Morgan fingerprint density at radius 1 is 1.31 bits per heavy atom. The smallest absolute Gasteiger partial charge is 0.305 e. The quantitative estimate of drug-likeness (QED) is 0.633. The van der Waals surface area contributed by atoms with Gasteiger partial charge < -0.3 is 4.98 Å². The Morgan fingerprint density at radius 3 is 3.00 bits per heavy atom. The summed E-state index contributed by atoms with van der Waals surface area (Å²) in [4.78, 5) is 25.3. The Labute approximate surface area is 72.8 Å². The van der Waals surface area contributed by atoms with Gasteiger partial charge in [0.05, 0.1) is 17.5 Å². The molecule has 1 aromatic heterocycles. The van der Waals surface area contributed by atoms with E-state index in [4.69, 9.17) is 0 Å². The number of rotatable bonds is 0. The summed E-state index contributed by atoms with van der Waals surface area (Å²) in [7, 11) is 0. The number of benzene rings is 1. The maximum atomic E-state index is 11.4. The van der Waals surface area contributed by atoms with Gasteiger partial charge in [-0.3, -0.25) is 4.79 Å². The van der Waals surface area contributed by atoms with Gasteiger partial charge in [-0.1, -0.05) is 12.1 Å². The van der Waals surface area contributed by atoms with Gasteiger partial charge in [-0.05, 0) is 11.6 Å².